The zero-order valence-corrected chi connectivity index (χ0v) is 14.3. The van der Waals surface area contributed by atoms with E-state index in [1.807, 2.05) is 6.20 Å². The van der Waals surface area contributed by atoms with Crippen LogP contribution in [0.15, 0.2) is 56.2 Å². The minimum absolute atomic E-state index is 0.228. The van der Waals surface area contributed by atoms with E-state index in [4.69, 9.17) is 4.42 Å². The molecular weight excluding hydrogens is 416 g/mol. The predicted octanol–water partition coefficient (Wildman–Crippen LogP) is 3.70. The van der Waals surface area contributed by atoms with Gasteiger partial charge in [0.25, 0.3) is 5.91 Å². The summed E-state index contributed by atoms with van der Waals surface area (Å²) in [5.74, 6) is 0.986. The SMILES string of the molecule is O=C(Nc1ccc(Br)cn1)c1ccc(Cn2cc(Br)cn2)o1. The van der Waals surface area contributed by atoms with Crippen molar-refractivity contribution in [3.8, 4) is 0 Å². The number of carbonyl (C=O) groups is 1. The molecule has 0 saturated heterocycles. The Balaban J connectivity index is 1.67. The van der Waals surface area contributed by atoms with Crippen molar-refractivity contribution in [3.63, 3.8) is 0 Å². The summed E-state index contributed by atoms with van der Waals surface area (Å²) in [6.07, 6.45) is 5.13. The van der Waals surface area contributed by atoms with Gasteiger partial charge in [-0.1, -0.05) is 0 Å². The molecule has 0 saturated carbocycles. The molecule has 0 unspecified atom stereocenters. The normalized spacial score (nSPS) is 10.6. The molecule has 3 rings (SSSR count). The summed E-state index contributed by atoms with van der Waals surface area (Å²) in [6, 6.07) is 6.88. The number of pyridine rings is 1. The molecular formula is C14H10Br2N4O2. The van der Waals surface area contributed by atoms with Crippen LogP contribution in [0.25, 0.3) is 0 Å². The van der Waals surface area contributed by atoms with Gasteiger partial charge in [-0.2, -0.15) is 5.10 Å². The highest BCUT2D eigenvalue weighted by atomic mass is 79.9. The first-order valence-corrected chi connectivity index (χ1v) is 7.88. The highest BCUT2D eigenvalue weighted by Crippen LogP contribution is 2.15. The van der Waals surface area contributed by atoms with Crippen molar-refractivity contribution in [1.82, 2.24) is 14.8 Å². The number of carbonyl (C=O) groups excluding carboxylic acids is 1. The minimum atomic E-state index is -0.345. The van der Waals surface area contributed by atoms with Crippen molar-refractivity contribution in [2.45, 2.75) is 6.54 Å². The summed E-state index contributed by atoms with van der Waals surface area (Å²) >= 11 is 6.62. The third kappa shape index (κ3) is 3.63. The fourth-order valence-electron chi connectivity index (χ4n) is 1.80. The Bertz CT molecular complexity index is 795. The maximum absolute atomic E-state index is 12.1. The first-order chi connectivity index (χ1) is 10.6. The second kappa shape index (κ2) is 6.45. The monoisotopic (exact) mass is 424 g/mol. The molecule has 3 aromatic heterocycles. The molecule has 0 aliphatic carbocycles. The predicted molar refractivity (Wildman–Crippen MR) is 87.6 cm³/mol. The summed E-state index contributed by atoms with van der Waals surface area (Å²) in [5, 5.41) is 6.81. The summed E-state index contributed by atoms with van der Waals surface area (Å²) in [4.78, 5) is 16.2. The van der Waals surface area contributed by atoms with E-state index in [-0.39, 0.29) is 11.7 Å². The zero-order valence-electron chi connectivity index (χ0n) is 11.2. The molecule has 0 atom stereocenters. The molecule has 6 nitrogen and oxygen atoms in total. The smallest absolute Gasteiger partial charge is 0.292 e. The molecule has 8 heteroatoms. The van der Waals surface area contributed by atoms with Gasteiger partial charge in [0.1, 0.15) is 11.6 Å². The molecule has 0 aromatic carbocycles. The third-order valence-electron chi connectivity index (χ3n) is 2.77. The molecule has 0 aliphatic rings. The molecule has 1 N–H and O–H groups in total. The maximum Gasteiger partial charge on any atom is 0.292 e. The van der Waals surface area contributed by atoms with Crippen LogP contribution in [0.2, 0.25) is 0 Å². The summed E-state index contributed by atoms with van der Waals surface area (Å²) in [5.41, 5.74) is 0. The Morgan fingerprint density at radius 3 is 2.73 bits per heavy atom. The van der Waals surface area contributed by atoms with Crippen LogP contribution in [0.3, 0.4) is 0 Å². The Hall–Kier alpha value is -1.93. The van der Waals surface area contributed by atoms with E-state index in [1.165, 1.54) is 0 Å². The van der Waals surface area contributed by atoms with E-state index in [9.17, 15) is 4.79 Å². The van der Waals surface area contributed by atoms with Gasteiger partial charge < -0.3 is 9.73 Å². The van der Waals surface area contributed by atoms with Gasteiger partial charge in [0.2, 0.25) is 0 Å². The van der Waals surface area contributed by atoms with Crippen LogP contribution in [-0.2, 0) is 6.54 Å². The third-order valence-corrected chi connectivity index (χ3v) is 3.65. The van der Waals surface area contributed by atoms with E-state index in [2.05, 4.69) is 47.3 Å². The van der Waals surface area contributed by atoms with Crippen LogP contribution in [0, 0.1) is 0 Å². The molecule has 0 bridgehead atoms. The maximum atomic E-state index is 12.1. The Labute approximate surface area is 142 Å². The molecule has 22 heavy (non-hydrogen) atoms. The van der Waals surface area contributed by atoms with Gasteiger partial charge in [-0.05, 0) is 56.1 Å². The van der Waals surface area contributed by atoms with Gasteiger partial charge in [0, 0.05) is 16.9 Å². The van der Waals surface area contributed by atoms with Gasteiger partial charge in [0.15, 0.2) is 5.76 Å². The molecule has 0 fully saturated rings. The number of furan rings is 1. The van der Waals surface area contributed by atoms with Crippen LogP contribution in [0.4, 0.5) is 5.82 Å². The molecule has 3 aromatic rings. The van der Waals surface area contributed by atoms with Crippen LogP contribution < -0.4 is 5.32 Å². The largest absolute Gasteiger partial charge is 0.454 e. The van der Waals surface area contributed by atoms with Gasteiger partial charge in [-0.15, -0.1) is 0 Å². The fraction of sp³-hybridized carbons (Fsp3) is 0.0714. The van der Waals surface area contributed by atoms with Gasteiger partial charge in [-0.25, -0.2) is 4.98 Å². The lowest BCUT2D eigenvalue weighted by Crippen LogP contribution is -2.11. The fourth-order valence-corrected chi connectivity index (χ4v) is 2.36. The van der Waals surface area contributed by atoms with E-state index in [0.29, 0.717) is 18.1 Å². The highest BCUT2D eigenvalue weighted by molar-refractivity contribution is 9.10. The number of nitrogens with one attached hydrogen (secondary N) is 1. The Morgan fingerprint density at radius 1 is 1.18 bits per heavy atom. The van der Waals surface area contributed by atoms with Crippen molar-refractivity contribution < 1.29 is 9.21 Å². The topological polar surface area (TPSA) is 73.0 Å². The second-order valence-corrected chi connectivity index (χ2v) is 6.27. The number of halogens is 2. The number of hydrogen-bond acceptors (Lipinski definition) is 4. The van der Waals surface area contributed by atoms with E-state index in [1.54, 1.807) is 41.3 Å². The zero-order chi connectivity index (χ0) is 15.5. The van der Waals surface area contributed by atoms with Crippen LogP contribution in [0.5, 0.6) is 0 Å². The number of aromatic nitrogens is 3. The van der Waals surface area contributed by atoms with Crippen molar-refractivity contribution in [1.29, 1.82) is 0 Å². The van der Waals surface area contributed by atoms with Crippen molar-refractivity contribution in [2.24, 2.45) is 0 Å². The first kappa shape index (κ1) is 15.0. The van der Waals surface area contributed by atoms with Crippen LogP contribution in [-0.4, -0.2) is 20.7 Å². The van der Waals surface area contributed by atoms with Crippen LogP contribution >= 0.6 is 31.9 Å². The van der Waals surface area contributed by atoms with E-state index in [0.717, 1.165) is 8.95 Å². The van der Waals surface area contributed by atoms with Crippen LogP contribution in [0.1, 0.15) is 16.3 Å². The second-order valence-electron chi connectivity index (χ2n) is 4.44. The molecule has 0 radical (unpaired) electrons. The molecule has 0 spiro atoms. The molecule has 112 valence electrons. The summed E-state index contributed by atoms with van der Waals surface area (Å²) in [7, 11) is 0. The van der Waals surface area contributed by atoms with Gasteiger partial charge in [-0.3, -0.25) is 9.48 Å². The van der Waals surface area contributed by atoms with E-state index < -0.39 is 0 Å². The van der Waals surface area contributed by atoms with Crippen molar-refractivity contribution >= 4 is 43.6 Å². The lowest BCUT2D eigenvalue weighted by Gasteiger charge is -2.02. The summed E-state index contributed by atoms with van der Waals surface area (Å²) < 4.78 is 8.97. The average molecular weight is 426 g/mol. The Morgan fingerprint density at radius 2 is 2.05 bits per heavy atom. The van der Waals surface area contributed by atoms with Crippen molar-refractivity contribution in [2.75, 3.05) is 5.32 Å². The van der Waals surface area contributed by atoms with E-state index >= 15 is 0 Å². The highest BCUT2D eigenvalue weighted by Gasteiger charge is 2.12. The number of rotatable bonds is 4. The number of hydrogen-bond donors (Lipinski definition) is 1. The molecule has 0 aliphatic heterocycles. The first-order valence-electron chi connectivity index (χ1n) is 6.30. The molecule has 1 amide bonds. The van der Waals surface area contributed by atoms with Gasteiger partial charge >= 0.3 is 0 Å². The standard InChI is InChI=1S/C14H10Br2N4O2/c15-9-1-4-13(17-5-9)19-14(21)12-3-2-11(22-12)8-20-7-10(16)6-18-20/h1-7H,8H2,(H,17,19,21). The summed E-state index contributed by atoms with van der Waals surface area (Å²) in [6.45, 7) is 0.454. The van der Waals surface area contributed by atoms with Gasteiger partial charge in [0.05, 0.1) is 17.2 Å². The lowest BCUT2D eigenvalue weighted by atomic mass is 10.4. The quantitative estimate of drug-likeness (QED) is 0.691. The number of amides is 1. The minimum Gasteiger partial charge on any atom is -0.454 e. The van der Waals surface area contributed by atoms with Crippen molar-refractivity contribution in [3.05, 3.63) is 63.3 Å². The molecule has 3 heterocycles. The lowest BCUT2D eigenvalue weighted by molar-refractivity contribution is 0.0994. The number of anilines is 1. The number of nitrogens with zero attached hydrogens (tertiary/aromatic N) is 3. The average Bonchev–Trinajstić information content (AvgIpc) is 3.11. The Kier molecular flexibility index (Phi) is 4.39.